The van der Waals surface area contributed by atoms with Gasteiger partial charge in [-0.15, -0.1) is 22.7 Å². The number of carbonyl (C=O) groups excluding carboxylic acids is 1. The molecule has 2 saturated heterocycles. The number of hydrogen-bond acceptors (Lipinski definition) is 17. The van der Waals surface area contributed by atoms with E-state index in [-0.39, 0.29) is 66.4 Å². The molecule has 0 radical (unpaired) electrons. The van der Waals surface area contributed by atoms with Gasteiger partial charge >= 0.3 is 18.3 Å². The largest absolute Gasteiger partial charge is 0.480 e. The van der Waals surface area contributed by atoms with Gasteiger partial charge in [0.05, 0.1) is 55.6 Å². The van der Waals surface area contributed by atoms with Crippen LogP contribution in [0.25, 0.3) is 20.4 Å². The summed E-state index contributed by atoms with van der Waals surface area (Å²) in [5, 5.41) is 41.6. The summed E-state index contributed by atoms with van der Waals surface area (Å²) in [6, 6.07) is 15.0. The zero-order chi connectivity index (χ0) is 61.4. The number of piperazine rings is 2. The molecule has 2 aromatic heterocycles. The quantitative estimate of drug-likeness (QED) is 0.0401. The summed E-state index contributed by atoms with van der Waals surface area (Å²) in [5.74, 6) is -1.65. The summed E-state index contributed by atoms with van der Waals surface area (Å²) in [6.07, 6.45) is -5.03. The molecule has 19 nitrogen and oxygen atoms in total. The molecule has 4 heterocycles. The summed E-state index contributed by atoms with van der Waals surface area (Å²) < 4.78 is 118. The fourth-order valence-corrected chi connectivity index (χ4v) is 12.1. The van der Waals surface area contributed by atoms with E-state index in [2.05, 4.69) is 35.7 Å². The third kappa shape index (κ3) is 19.6. The highest BCUT2D eigenvalue weighted by molar-refractivity contribution is 7.18. The van der Waals surface area contributed by atoms with Crippen LogP contribution in [0.3, 0.4) is 0 Å². The fraction of sp³-hybridized carbons (Fsp3) is 0.500. The van der Waals surface area contributed by atoms with Crippen molar-refractivity contribution in [2.75, 3.05) is 76.2 Å². The van der Waals surface area contributed by atoms with E-state index in [9.17, 15) is 64.9 Å². The van der Waals surface area contributed by atoms with E-state index in [1.54, 1.807) is 33.6 Å². The highest BCUT2D eigenvalue weighted by atomic mass is 32.1. The van der Waals surface area contributed by atoms with Crippen molar-refractivity contribution in [1.29, 1.82) is 0 Å². The standard InChI is InChI=1S/C27H29F4N5O4S.C15H17F3N2O5.C12H14FN3S.C2H6/c28-17-1-8-24-22(13-17)33-25(41-24)15-34-9-11-35(12-10-34)26(37)16-40-20-5-2-18(3-6-20)32-19-4-7-23(36(38)39)21(14-19)27(29,30)31;16-15(17,18)12-7-10(3-6-13(12)20(23)24)19-9-1-4-11(5-2-9)25-8-14(21)22;13-9-1-2-11-10(7-9)15-12(17-11)8-16-5-3-14-4-6-16;1-2/h1,4,7-8,13-14,18,20,32H,2-3,5-6,9-12,15-16H2;3,6-7,9,11,19H,1-2,4-5,8H2,(H,21,22);1-2,7,14H,3-6,8H2;1-2H3. The summed E-state index contributed by atoms with van der Waals surface area (Å²) in [6.45, 7) is 11.9. The number of alkyl halides is 6. The predicted molar refractivity (Wildman–Crippen MR) is 306 cm³/mol. The Hall–Kier alpha value is -6.76. The monoisotopic (exact) mass is 1240 g/mol. The molecule has 2 aliphatic heterocycles. The molecule has 4 N–H and O–H groups in total. The second-order valence-electron chi connectivity index (χ2n) is 20.3. The number of fused-ring (bicyclic) bond motifs is 2. The van der Waals surface area contributed by atoms with Gasteiger partial charge in [-0.2, -0.15) is 26.3 Å². The van der Waals surface area contributed by atoms with Gasteiger partial charge in [-0.25, -0.2) is 23.5 Å². The third-order valence-corrected chi connectivity index (χ3v) is 16.5. The van der Waals surface area contributed by atoms with Crippen LogP contribution in [0.4, 0.5) is 57.9 Å². The number of nitrogens with one attached hydrogen (secondary N) is 3. The van der Waals surface area contributed by atoms with Crippen molar-refractivity contribution < 1.29 is 69.1 Å². The summed E-state index contributed by atoms with van der Waals surface area (Å²) in [4.78, 5) is 58.2. The lowest BCUT2D eigenvalue weighted by molar-refractivity contribution is -0.388. The van der Waals surface area contributed by atoms with Gasteiger partial charge in [0.2, 0.25) is 5.91 Å². The van der Waals surface area contributed by atoms with Crippen LogP contribution >= 0.6 is 22.7 Å². The molecule has 6 aromatic rings. The number of nitro benzene ring substituents is 2. The average Bonchev–Trinajstić information content (AvgIpc) is 2.63. The van der Waals surface area contributed by atoms with Crippen LogP contribution in [0.5, 0.6) is 0 Å². The van der Waals surface area contributed by atoms with Crippen molar-refractivity contribution in [3.8, 4) is 0 Å². The number of ether oxygens (including phenoxy) is 2. The number of rotatable bonds is 16. The zero-order valence-electron chi connectivity index (χ0n) is 46.6. The second-order valence-corrected chi connectivity index (χ2v) is 22.6. The molecule has 1 amide bonds. The Kier molecular flexibility index (Phi) is 23.6. The predicted octanol–water partition coefficient (Wildman–Crippen LogP) is 11.8. The first-order valence-electron chi connectivity index (χ1n) is 27.8. The van der Waals surface area contributed by atoms with Gasteiger partial charge in [-0.1, -0.05) is 13.8 Å². The molecule has 0 bridgehead atoms. The number of benzene rings is 4. The maximum Gasteiger partial charge on any atom is 0.423 e. The van der Waals surface area contributed by atoms with Gasteiger partial charge in [-0.3, -0.25) is 34.8 Å². The van der Waals surface area contributed by atoms with Crippen molar-refractivity contribution >= 4 is 77.7 Å². The van der Waals surface area contributed by atoms with Crippen LogP contribution in [0.2, 0.25) is 0 Å². The van der Waals surface area contributed by atoms with Crippen LogP contribution < -0.4 is 16.0 Å². The van der Waals surface area contributed by atoms with Gasteiger partial charge < -0.3 is 35.4 Å². The van der Waals surface area contributed by atoms with E-state index >= 15 is 0 Å². The lowest BCUT2D eigenvalue weighted by Crippen LogP contribution is -2.49. The first kappa shape index (κ1) is 65.8. The lowest BCUT2D eigenvalue weighted by atomic mass is 9.92. The second kappa shape index (κ2) is 30.5. The van der Waals surface area contributed by atoms with Gasteiger partial charge in [0.25, 0.3) is 11.4 Å². The van der Waals surface area contributed by atoms with Crippen LogP contribution in [-0.4, -0.2) is 141 Å². The molecule has 29 heteroatoms. The Balaban J connectivity index is 0.000000199. The number of nitrogens with zero attached hydrogens (tertiary/aromatic N) is 7. The first-order chi connectivity index (χ1) is 40.5. The number of carboxylic acids is 1. The summed E-state index contributed by atoms with van der Waals surface area (Å²) in [5.41, 5.74) is -2.76. The Morgan fingerprint density at radius 3 is 1.44 bits per heavy atom. The Bertz CT molecular complexity index is 3200. The van der Waals surface area contributed by atoms with Gasteiger partial charge in [0, 0.05) is 100 Å². The number of hydrogen-bond donors (Lipinski definition) is 4. The van der Waals surface area contributed by atoms with Gasteiger partial charge in [0.1, 0.15) is 46.0 Å². The van der Waals surface area contributed by atoms with Crippen molar-refractivity contribution in [3.05, 3.63) is 126 Å². The van der Waals surface area contributed by atoms with Crippen LogP contribution in [-0.2, 0) is 44.5 Å². The third-order valence-electron chi connectivity index (χ3n) is 14.4. The lowest BCUT2D eigenvalue weighted by Gasteiger charge is -2.35. The van der Waals surface area contributed by atoms with Crippen molar-refractivity contribution in [2.45, 2.75) is 115 Å². The minimum absolute atomic E-state index is 0.0243. The molecular weight excluding hydrogens is 1170 g/mol. The summed E-state index contributed by atoms with van der Waals surface area (Å²) in [7, 11) is 0. The number of aromatic nitrogens is 2. The molecule has 462 valence electrons. The van der Waals surface area contributed by atoms with Crippen molar-refractivity contribution in [2.24, 2.45) is 0 Å². The minimum atomic E-state index is -4.83. The van der Waals surface area contributed by atoms with E-state index in [4.69, 9.17) is 14.6 Å². The van der Waals surface area contributed by atoms with Crippen LogP contribution in [0.1, 0.15) is 86.4 Å². The van der Waals surface area contributed by atoms with Gasteiger partial charge in [0.15, 0.2) is 0 Å². The van der Waals surface area contributed by atoms with E-state index in [1.807, 2.05) is 19.9 Å². The van der Waals surface area contributed by atoms with E-state index < -0.39 is 50.7 Å². The van der Waals surface area contributed by atoms with E-state index in [0.29, 0.717) is 89.6 Å². The fourth-order valence-electron chi connectivity index (χ4n) is 10.2. The van der Waals surface area contributed by atoms with Crippen molar-refractivity contribution in [3.63, 3.8) is 0 Å². The maximum atomic E-state index is 13.4. The highest BCUT2D eigenvalue weighted by Crippen LogP contribution is 2.40. The normalized spacial score (nSPS) is 19.6. The molecule has 2 saturated carbocycles. The molecule has 0 unspecified atom stereocenters. The average molecular weight is 1240 g/mol. The van der Waals surface area contributed by atoms with E-state index in [0.717, 1.165) is 81.9 Å². The number of thiazole rings is 2. The molecule has 0 atom stereocenters. The number of halogens is 8. The number of anilines is 2. The van der Waals surface area contributed by atoms with Crippen LogP contribution in [0.15, 0.2) is 72.8 Å². The summed E-state index contributed by atoms with van der Waals surface area (Å²) >= 11 is 3.20. The Morgan fingerprint density at radius 1 is 0.624 bits per heavy atom. The Labute approximate surface area is 492 Å². The highest BCUT2D eigenvalue weighted by Gasteiger charge is 2.40. The molecule has 85 heavy (non-hydrogen) atoms. The number of nitro groups is 2. The number of aliphatic carboxylic acids is 1. The molecule has 10 rings (SSSR count). The van der Waals surface area contributed by atoms with Crippen molar-refractivity contribution in [1.82, 2.24) is 30.0 Å². The molecule has 0 spiro atoms. The first-order valence-corrected chi connectivity index (χ1v) is 29.4. The Morgan fingerprint density at radius 2 is 1.04 bits per heavy atom. The van der Waals surface area contributed by atoms with Gasteiger partial charge in [-0.05, 0) is 99.9 Å². The molecule has 4 fully saturated rings. The van der Waals surface area contributed by atoms with E-state index in [1.165, 1.54) is 36.4 Å². The minimum Gasteiger partial charge on any atom is -0.480 e. The SMILES string of the molecule is CC.Fc1ccc2sc(CN3CCNCC3)nc2c1.O=C(COC1CCC(Nc2ccc([N+](=O)[O-])c(C(F)(F)F)c2)CC1)N1CCN(Cc2nc3cc(F)ccc3s2)CC1.O=C(O)COC1CCC(Nc2ccc([N+](=O)[O-])c(C(F)(F)F)c2)CC1. The number of amides is 1. The molecular formula is C56H66F8N10O9S2. The zero-order valence-corrected chi connectivity index (χ0v) is 48.2. The molecule has 2 aliphatic carbocycles. The van der Waals surface area contributed by atoms with Crippen LogP contribution in [0, 0.1) is 31.9 Å². The number of carboxylic acid groups (broad SMARTS) is 1. The maximum absolute atomic E-state index is 13.4. The smallest absolute Gasteiger partial charge is 0.423 e. The molecule has 4 aromatic carbocycles. The number of carbonyl (C=O) groups is 2. The topological polar surface area (TPSA) is 231 Å². The molecule has 4 aliphatic rings.